The van der Waals surface area contributed by atoms with E-state index >= 15 is 0 Å². The maximum Gasteiger partial charge on any atom is 0.311 e. The van der Waals surface area contributed by atoms with Gasteiger partial charge < -0.3 is 24.4 Å². The number of nitrogens with one attached hydrogen (secondary N) is 2. The summed E-state index contributed by atoms with van der Waals surface area (Å²) in [6.45, 7) is 4.95. The number of ether oxygens (including phenoxy) is 3. The smallest absolute Gasteiger partial charge is 0.311 e. The van der Waals surface area contributed by atoms with Crippen molar-refractivity contribution in [3.63, 3.8) is 0 Å². The Morgan fingerprint density at radius 3 is 2.45 bits per heavy atom. The lowest BCUT2D eigenvalue weighted by atomic mass is 9.90. The van der Waals surface area contributed by atoms with E-state index in [0.717, 1.165) is 45.8 Å². The van der Waals surface area contributed by atoms with Crippen molar-refractivity contribution in [3.8, 4) is 11.5 Å². The number of methoxy groups -OCH3 is 3. The number of quaternary nitrogens is 1. The number of carbonyl (C=O) groups is 2. The summed E-state index contributed by atoms with van der Waals surface area (Å²) in [7, 11) is 4.58. The SMILES string of the molecule is COC(=O)C[C@@H]1c2cc(OC)c(OC)cc2CC[NH+]1CC(=O)Nc1cc(C)ccc1C. The third-order valence-corrected chi connectivity index (χ3v) is 5.88. The van der Waals surface area contributed by atoms with Gasteiger partial charge in [-0.25, -0.2) is 0 Å². The van der Waals surface area contributed by atoms with Gasteiger partial charge in [0.2, 0.25) is 0 Å². The fraction of sp³-hybridized carbons (Fsp3) is 0.417. The van der Waals surface area contributed by atoms with Crippen LogP contribution in [0.2, 0.25) is 0 Å². The monoisotopic (exact) mass is 427 g/mol. The molecule has 2 aromatic rings. The molecule has 0 aromatic heterocycles. The molecular formula is C24H31N2O5+. The second-order valence-electron chi connectivity index (χ2n) is 7.94. The molecule has 166 valence electrons. The number of aryl methyl sites for hydroxylation is 2. The summed E-state index contributed by atoms with van der Waals surface area (Å²) in [6.07, 6.45) is 0.963. The van der Waals surface area contributed by atoms with Crippen molar-refractivity contribution in [3.05, 3.63) is 52.6 Å². The van der Waals surface area contributed by atoms with Crippen molar-refractivity contribution in [1.29, 1.82) is 0 Å². The van der Waals surface area contributed by atoms with Gasteiger partial charge in [-0.05, 0) is 48.7 Å². The normalized spacial score (nSPS) is 17.5. The first-order valence-electron chi connectivity index (χ1n) is 10.4. The highest BCUT2D eigenvalue weighted by molar-refractivity contribution is 5.92. The van der Waals surface area contributed by atoms with E-state index in [4.69, 9.17) is 14.2 Å². The van der Waals surface area contributed by atoms with Crippen LogP contribution in [0.5, 0.6) is 11.5 Å². The molecule has 1 aliphatic heterocycles. The van der Waals surface area contributed by atoms with Crippen molar-refractivity contribution >= 4 is 17.6 Å². The van der Waals surface area contributed by atoms with Crippen LogP contribution in [0.15, 0.2) is 30.3 Å². The molecular weight excluding hydrogens is 396 g/mol. The van der Waals surface area contributed by atoms with E-state index in [1.165, 1.54) is 7.11 Å². The van der Waals surface area contributed by atoms with Gasteiger partial charge in [-0.2, -0.15) is 0 Å². The first-order chi connectivity index (χ1) is 14.9. The summed E-state index contributed by atoms with van der Waals surface area (Å²) in [6, 6.07) is 9.66. The molecule has 2 N–H and O–H groups in total. The summed E-state index contributed by atoms with van der Waals surface area (Å²) in [4.78, 5) is 26.1. The van der Waals surface area contributed by atoms with Crippen LogP contribution < -0.4 is 19.7 Å². The molecule has 0 bridgehead atoms. The van der Waals surface area contributed by atoms with Crippen molar-refractivity contribution in [1.82, 2.24) is 0 Å². The number of carbonyl (C=O) groups excluding carboxylic acids is 2. The molecule has 0 radical (unpaired) electrons. The summed E-state index contributed by atoms with van der Waals surface area (Å²) in [5.41, 5.74) is 5.01. The predicted molar refractivity (Wildman–Crippen MR) is 118 cm³/mol. The lowest BCUT2D eigenvalue weighted by Crippen LogP contribution is -3.14. The number of benzene rings is 2. The lowest BCUT2D eigenvalue weighted by Gasteiger charge is -2.34. The summed E-state index contributed by atoms with van der Waals surface area (Å²) in [5.74, 6) is 0.883. The second kappa shape index (κ2) is 9.83. The molecule has 1 unspecified atom stereocenters. The van der Waals surface area contributed by atoms with E-state index < -0.39 is 0 Å². The minimum absolute atomic E-state index is 0.0810. The van der Waals surface area contributed by atoms with Crippen molar-refractivity contribution in [2.45, 2.75) is 32.7 Å². The summed E-state index contributed by atoms with van der Waals surface area (Å²) < 4.78 is 15.8. The van der Waals surface area contributed by atoms with Crippen LogP contribution in [0.4, 0.5) is 5.69 Å². The van der Waals surface area contributed by atoms with E-state index in [0.29, 0.717) is 11.5 Å². The molecule has 2 atom stereocenters. The van der Waals surface area contributed by atoms with Gasteiger partial charge in [0.1, 0.15) is 12.5 Å². The number of amides is 1. The number of esters is 1. The number of fused-ring (bicyclic) bond motifs is 1. The maximum atomic E-state index is 12.9. The highest BCUT2D eigenvalue weighted by Crippen LogP contribution is 2.35. The van der Waals surface area contributed by atoms with Crippen LogP contribution in [0.3, 0.4) is 0 Å². The maximum absolute atomic E-state index is 12.9. The third-order valence-electron chi connectivity index (χ3n) is 5.88. The molecule has 0 saturated heterocycles. The van der Waals surface area contributed by atoms with E-state index in [1.807, 2.05) is 44.2 Å². The molecule has 0 fully saturated rings. The molecule has 2 aromatic carbocycles. The fourth-order valence-corrected chi connectivity index (χ4v) is 4.15. The number of hydrogen-bond acceptors (Lipinski definition) is 5. The Bertz CT molecular complexity index is 973. The molecule has 7 nitrogen and oxygen atoms in total. The van der Waals surface area contributed by atoms with Crippen molar-refractivity contribution in [2.75, 3.05) is 39.7 Å². The zero-order chi connectivity index (χ0) is 22.5. The predicted octanol–water partition coefficient (Wildman–Crippen LogP) is 2.00. The molecule has 1 heterocycles. The Kier molecular flexibility index (Phi) is 7.17. The first kappa shape index (κ1) is 22.6. The first-order valence-corrected chi connectivity index (χ1v) is 10.4. The number of anilines is 1. The van der Waals surface area contributed by atoms with E-state index in [9.17, 15) is 9.59 Å². The van der Waals surface area contributed by atoms with Crippen molar-refractivity contribution in [2.24, 2.45) is 0 Å². The van der Waals surface area contributed by atoms with Crippen LogP contribution in [0, 0.1) is 13.8 Å². The zero-order valence-electron chi connectivity index (χ0n) is 18.8. The Morgan fingerprint density at radius 2 is 1.77 bits per heavy atom. The molecule has 1 aliphatic rings. The average molecular weight is 428 g/mol. The fourth-order valence-electron chi connectivity index (χ4n) is 4.15. The molecule has 1 amide bonds. The highest BCUT2D eigenvalue weighted by Gasteiger charge is 2.35. The van der Waals surface area contributed by atoms with E-state index in [2.05, 4.69) is 5.32 Å². The van der Waals surface area contributed by atoms with Gasteiger partial charge in [0.05, 0.1) is 27.9 Å². The molecule has 0 saturated carbocycles. The van der Waals surface area contributed by atoms with Crippen LogP contribution in [-0.2, 0) is 20.7 Å². The number of rotatable bonds is 7. The Hall–Kier alpha value is -3.06. The van der Waals surface area contributed by atoms with Gasteiger partial charge in [0.25, 0.3) is 5.91 Å². The van der Waals surface area contributed by atoms with E-state index in [-0.39, 0.29) is 30.9 Å². The summed E-state index contributed by atoms with van der Waals surface area (Å²) in [5, 5.41) is 3.03. The zero-order valence-corrected chi connectivity index (χ0v) is 18.8. The molecule has 7 heteroatoms. The molecule has 31 heavy (non-hydrogen) atoms. The standard InChI is InChI=1S/C24H30N2O5/c1-15-6-7-16(2)19(10-15)25-23(27)14-26-9-8-17-11-21(29-3)22(30-4)12-18(17)20(26)13-24(28)31-5/h6-7,10-12,20H,8-9,13-14H2,1-5H3,(H,25,27)/p+1/t20-/m1/s1. The van der Waals surface area contributed by atoms with Gasteiger partial charge in [-0.3, -0.25) is 9.59 Å². The van der Waals surface area contributed by atoms with Crippen LogP contribution >= 0.6 is 0 Å². The molecule has 0 spiro atoms. The topological polar surface area (TPSA) is 78.3 Å². The van der Waals surface area contributed by atoms with E-state index in [1.54, 1.807) is 14.2 Å². The molecule has 0 aliphatic carbocycles. The van der Waals surface area contributed by atoms with Gasteiger partial charge in [-0.1, -0.05) is 12.1 Å². The van der Waals surface area contributed by atoms with Crippen LogP contribution in [0.1, 0.15) is 34.7 Å². The molecule has 3 rings (SSSR count). The minimum Gasteiger partial charge on any atom is -0.493 e. The highest BCUT2D eigenvalue weighted by atomic mass is 16.5. The van der Waals surface area contributed by atoms with Gasteiger partial charge >= 0.3 is 5.97 Å². The van der Waals surface area contributed by atoms with Crippen molar-refractivity contribution < 1.29 is 28.7 Å². The number of hydrogen-bond donors (Lipinski definition) is 2. The third kappa shape index (κ3) is 5.17. The minimum atomic E-state index is -0.305. The van der Waals surface area contributed by atoms with Crippen LogP contribution in [0.25, 0.3) is 0 Å². The van der Waals surface area contributed by atoms with Crippen LogP contribution in [-0.4, -0.2) is 46.3 Å². The van der Waals surface area contributed by atoms with Gasteiger partial charge in [-0.15, -0.1) is 0 Å². The summed E-state index contributed by atoms with van der Waals surface area (Å²) >= 11 is 0. The lowest BCUT2D eigenvalue weighted by molar-refractivity contribution is -0.925. The van der Waals surface area contributed by atoms with Gasteiger partial charge in [0, 0.05) is 17.7 Å². The van der Waals surface area contributed by atoms with Gasteiger partial charge in [0.15, 0.2) is 18.0 Å². The Labute approximate surface area is 183 Å². The largest absolute Gasteiger partial charge is 0.493 e. The second-order valence-corrected chi connectivity index (χ2v) is 7.94. The Morgan fingerprint density at radius 1 is 1.06 bits per heavy atom. The quantitative estimate of drug-likeness (QED) is 0.661. The Balaban J connectivity index is 1.86. The average Bonchev–Trinajstić information content (AvgIpc) is 2.76.